The number of hydrogen-bond acceptors (Lipinski definition) is 2. The van der Waals surface area contributed by atoms with Crippen LogP contribution in [0.1, 0.15) is 65.0 Å². The van der Waals surface area contributed by atoms with Crippen LogP contribution >= 0.6 is 0 Å². The van der Waals surface area contributed by atoms with Crippen molar-refractivity contribution < 1.29 is 9.59 Å². The van der Waals surface area contributed by atoms with Gasteiger partial charge in [0.25, 0.3) is 0 Å². The molecule has 0 bridgehead atoms. The lowest BCUT2D eigenvalue weighted by molar-refractivity contribution is -0.121. The minimum absolute atomic E-state index is 0.0517. The first-order valence-electron chi connectivity index (χ1n) is 9.71. The molecular weight excluding hydrogens is 324 g/mol. The molecule has 4 rings (SSSR count). The molecule has 2 aromatic rings. The summed E-state index contributed by atoms with van der Waals surface area (Å²) < 4.78 is 2.26. The van der Waals surface area contributed by atoms with Crippen LogP contribution in [0.3, 0.4) is 0 Å². The van der Waals surface area contributed by atoms with Crippen molar-refractivity contribution in [3.05, 3.63) is 58.4 Å². The van der Waals surface area contributed by atoms with Crippen molar-refractivity contribution in [2.24, 2.45) is 0 Å². The van der Waals surface area contributed by atoms with Gasteiger partial charge >= 0.3 is 0 Å². The van der Waals surface area contributed by atoms with Gasteiger partial charge in [-0.2, -0.15) is 0 Å². The normalized spacial score (nSPS) is 16.9. The summed E-state index contributed by atoms with van der Waals surface area (Å²) in [6.45, 7) is 2.81. The third-order valence-electron chi connectivity index (χ3n) is 5.85. The van der Waals surface area contributed by atoms with Gasteiger partial charge in [-0.05, 0) is 50.2 Å². The second-order valence-corrected chi connectivity index (χ2v) is 7.61. The number of Topliss-reactive ketones (excluding diaryl/α,β-unsaturated/α-hetero) is 1. The molecule has 1 aromatic carbocycles. The van der Waals surface area contributed by atoms with Gasteiger partial charge in [-0.15, -0.1) is 0 Å². The van der Waals surface area contributed by atoms with E-state index >= 15 is 0 Å². The smallest absolute Gasteiger partial charge is 0.224 e. The summed E-state index contributed by atoms with van der Waals surface area (Å²) in [5.41, 5.74) is 5.18. The average molecular weight is 350 g/mol. The standard InChI is InChI=1S/C22H26N2O2/c1-15-18(13-21(26)23-17-9-5-10-17)22-19(11-6-12-20(22)25)24(15)14-16-7-3-2-4-8-16/h2-4,7-8,17H,5-6,9-14H2,1H3,(H,23,26). The zero-order valence-corrected chi connectivity index (χ0v) is 15.4. The van der Waals surface area contributed by atoms with Gasteiger partial charge in [0.15, 0.2) is 5.78 Å². The number of nitrogens with zero attached hydrogens (tertiary/aromatic N) is 1. The van der Waals surface area contributed by atoms with E-state index in [0.717, 1.165) is 54.7 Å². The maximum Gasteiger partial charge on any atom is 0.224 e. The molecular formula is C22H26N2O2. The molecule has 0 unspecified atom stereocenters. The first-order valence-corrected chi connectivity index (χ1v) is 9.71. The number of nitrogens with one attached hydrogen (secondary N) is 1. The quantitative estimate of drug-likeness (QED) is 0.896. The van der Waals surface area contributed by atoms with Gasteiger partial charge in [-0.1, -0.05) is 30.3 Å². The predicted octanol–water partition coefficient (Wildman–Crippen LogP) is 3.58. The molecule has 1 saturated carbocycles. The highest BCUT2D eigenvalue weighted by atomic mass is 16.1. The molecule has 0 radical (unpaired) electrons. The van der Waals surface area contributed by atoms with Gasteiger partial charge < -0.3 is 9.88 Å². The molecule has 2 aliphatic carbocycles. The zero-order chi connectivity index (χ0) is 18.1. The fourth-order valence-corrected chi connectivity index (χ4v) is 4.17. The van der Waals surface area contributed by atoms with Crippen molar-refractivity contribution in [1.29, 1.82) is 0 Å². The first kappa shape index (κ1) is 17.1. The van der Waals surface area contributed by atoms with E-state index in [0.29, 0.717) is 18.9 Å². The fourth-order valence-electron chi connectivity index (χ4n) is 4.17. The van der Waals surface area contributed by atoms with Crippen LogP contribution in [0.5, 0.6) is 0 Å². The van der Waals surface area contributed by atoms with E-state index in [1.807, 2.05) is 18.2 Å². The average Bonchev–Trinajstić information content (AvgIpc) is 2.86. The SMILES string of the molecule is Cc1c(CC(=O)NC2CCC2)c2c(n1Cc1ccccc1)CCCC2=O. The summed E-state index contributed by atoms with van der Waals surface area (Å²) in [6, 6.07) is 10.7. The van der Waals surface area contributed by atoms with Crippen molar-refractivity contribution in [3.8, 4) is 0 Å². The number of carbonyl (C=O) groups excluding carboxylic acids is 2. The molecule has 1 heterocycles. The molecule has 4 nitrogen and oxygen atoms in total. The molecule has 0 atom stereocenters. The van der Waals surface area contributed by atoms with E-state index in [9.17, 15) is 9.59 Å². The van der Waals surface area contributed by atoms with Crippen LogP contribution in [0, 0.1) is 6.92 Å². The number of hydrogen-bond donors (Lipinski definition) is 1. The molecule has 0 saturated heterocycles. The van der Waals surface area contributed by atoms with Crippen LogP contribution in [0.25, 0.3) is 0 Å². The lowest BCUT2D eigenvalue weighted by Gasteiger charge is -2.26. The third-order valence-corrected chi connectivity index (χ3v) is 5.85. The minimum atomic E-state index is 0.0517. The van der Waals surface area contributed by atoms with Gasteiger partial charge in [0.2, 0.25) is 5.91 Å². The second kappa shape index (κ2) is 7.10. The molecule has 1 fully saturated rings. The van der Waals surface area contributed by atoms with Crippen LogP contribution in [0.4, 0.5) is 0 Å². The maximum atomic E-state index is 12.7. The van der Waals surface area contributed by atoms with Crippen molar-refractivity contribution in [3.63, 3.8) is 0 Å². The highest BCUT2D eigenvalue weighted by Gasteiger charge is 2.29. The van der Waals surface area contributed by atoms with Crippen molar-refractivity contribution >= 4 is 11.7 Å². The number of aromatic nitrogens is 1. The molecule has 0 spiro atoms. The molecule has 1 N–H and O–H groups in total. The molecule has 2 aliphatic rings. The Bertz CT molecular complexity index is 832. The molecule has 0 aliphatic heterocycles. The largest absolute Gasteiger partial charge is 0.353 e. The Labute approximate surface area is 154 Å². The number of ketones is 1. The van der Waals surface area contributed by atoms with Gasteiger partial charge in [0.1, 0.15) is 0 Å². The highest BCUT2D eigenvalue weighted by molar-refractivity contribution is 6.01. The number of benzene rings is 1. The number of carbonyl (C=O) groups is 2. The first-order chi connectivity index (χ1) is 12.6. The highest BCUT2D eigenvalue weighted by Crippen LogP contribution is 2.31. The van der Waals surface area contributed by atoms with E-state index < -0.39 is 0 Å². The van der Waals surface area contributed by atoms with Gasteiger partial charge in [0.05, 0.1) is 6.42 Å². The summed E-state index contributed by atoms with van der Waals surface area (Å²) in [5, 5.41) is 3.11. The molecule has 26 heavy (non-hydrogen) atoms. The number of fused-ring (bicyclic) bond motifs is 1. The van der Waals surface area contributed by atoms with E-state index in [2.05, 4.69) is 28.9 Å². The summed E-state index contributed by atoms with van der Waals surface area (Å²) in [7, 11) is 0. The summed E-state index contributed by atoms with van der Waals surface area (Å²) in [6.07, 6.45) is 6.09. The Hall–Kier alpha value is -2.36. The summed E-state index contributed by atoms with van der Waals surface area (Å²) in [5.74, 6) is 0.253. The fraction of sp³-hybridized carbons (Fsp3) is 0.455. The summed E-state index contributed by atoms with van der Waals surface area (Å²) >= 11 is 0. The molecule has 4 heteroatoms. The Morgan fingerprint density at radius 2 is 1.92 bits per heavy atom. The summed E-state index contributed by atoms with van der Waals surface area (Å²) in [4.78, 5) is 25.1. The van der Waals surface area contributed by atoms with Crippen LogP contribution in [0.15, 0.2) is 30.3 Å². The number of rotatable bonds is 5. The van der Waals surface area contributed by atoms with Crippen molar-refractivity contribution in [1.82, 2.24) is 9.88 Å². The van der Waals surface area contributed by atoms with Crippen LogP contribution in [0.2, 0.25) is 0 Å². The third kappa shape index (κ3) is 3.20. The van der Waals surface area contributed by atoms with Gasteiger partial charge in [-0.3, -0.25) is 9.59 Å². The number of amides is 1. The second-order valence-electron chi connectivity index (χ2n) is 7.61. The van der Waals surface area contributed by atoms with Gasteiger partial charge in [0, 0.05) is 36.0 Å². The van der Waals surface area contributed by atoms with Crippen LogP contribution < -0.4 is 5.32 Å². The lowest BCUT2D eigenvalue weighted by Crippen LogP contribution is -2.40. The molecule has 1 amide bonds. The van der Waals surface area contributed by atoms with Crippen molar-refractivity contribution in [2.75, 3.05) is 0 Å². The maximum absolute atomic E-state index is 12.7. The lowest BCUT2D eigenvalue weighted by atomic mass is 9.91. The molecule has 1 aromatic heterocycles. The van der Waals surface area contributed by atoms with E-state index in [4.69, 9.17) is 0 Å². The van der Waals surface area contributed by atoms with E-state index in [1.54, 1.807) is 0 Å². The van der Waals surface area contributed by atoms with Gasteiger partial charge in [-0.25, -0.2) is 0 Å². The predicted molar refractivity (Wildman–Crippen MR) is 101 cm³/mol. The Morgan fingerprint density at radius 3 is 2.62 bits per heavy atom. The van der Waals surface area contributed by atoms with E-state index in [-0.39, 0.29) is 11.7 Å². The van der Waals surface area contributed by atoms with Crippen LogP contribution in [-0.2, 0) is 24.2 Å². The zero-order valence-electron chi connectivity index (χ0n) is 15.4. The van der Waals surface area contributed by atoms with Crippen molar-refractivity contribution in [2.45, 2.75) is 64.5 Å². The van der Waals surface area contributed by atoms with Crippen LogP contribution in [-0.4, -0.2) is 22.3 Å². The topological polar surface area (TPSA) is 51.1 Å². The Balaban J connectivity index is 1.66. The Kier molecular flexibility index (Phi) is 4.66. The monoisotopic (exact) mass is 350 g/mol. The molecule has 136 valence electrons. The Morgan fingerprint density at radius 1 is 1.15 bits per heavy atom. The van der Waals surface area contributed by atoms with E-state index in [1.165, 1.54) is 12.0 Å². The minimum Gasteiger partial charge on any atom is -0.353 e.